The normalized spacial score (nSPS) is 10.5. The van der Waals surface area contributed by atoms with Gasteiger partial charge in [-0.3, -0.25) is 0 Å². The fourth-order valence-electron chi connectivity index (χ4n) is 1.92. The van der Waals surface area contributed by atoms with Gasteiger partial charge in [-0.15, -0.1) is 11.3 Å². The maximum atomic E-state index is 11.8. The average Bonchev–Trinajstić information content (AvgIpc) is 2.77. The van der Waals surface area contributed by atoms with Crippen LogP contribution in [0.1, 0.15) is 27.7 Å². The van der Waals surface area contributed by atoms with E-state index in [0.717, 1.165) is 23.5 Å². The number of rotatable bonds is 5. The highest BCUT2D eigenvalue weighted by molar-refractivity contribution is 7.11. The molecule has 118 valence electrons. The highest BCUT2D eigenvalue weighted by Crippen LogP contribution is 2.17. The number of carbonyl (C=O) groups is 1. The number of anilines is 1. The van der Waals surface area contributed by atoms with Crippen LogP contribution < -0.4 is 10.6 Å². The molecule has 7 heteroatoms. The van der Waals surface area contributed by atoms with Gasteiger partial charge < -0.3 is 10.6 Å². The van der Waals surface area contributed by atoms with Crippen LogP contribution in [0.3, 0.4) is 0 Å². The smallest absolute Gasteiger partial charge is 0.319 e. The Balaban J connectivity index is 1.73. The van der Waals surface area contributed by atoms with E-state index in [2.05, 4.69) is 27.5 Å². The Bertz CT molecular complexity index is 652. The van der Waals surface area contributed by atoms with E-state index in [4.69, 9.17) is 11.6 Å². The van der Waals surface area contributed by atoms with Crippen molar-refractivity contribution in [3.8, 4) is 0 Å². The number of nitrogens with zero attached hydrogens (tertiary/aromatic N) is 2. The number of hydrogen-bond donors (Lipinski definition) is 2. The van der Waals surface area contributed by atoms with Crippen LogP contribution in [0.15, 0.2) is 12.1 Å². The molecule has 0 aliphatic carbocycles. The van der Waals surface area contributed by atoms with E-state index in [0.29, 0.717) is 23.1 Å². The Morgan fingerprint density at radius 1 is 1.23 bits per heavy atom. The summed E-state index contributed by atoms with van der Waals surface area (Å²) in [4.78, 5) is 21.7. The number of amides is 2. The topological polar surface area (TPSA) is 66.9 Å². The van der Waals surface area contributed by atoms with Crippen LogP contribution >= 0.6 is 22.9 Å². The van der Waals surface area contributed by atoms with Crippen molar-refractivity contribution in [2.24, 2.45) is 0 Å². The summed E-state index contributed by atoms with van der Waals surface area (Å²) in [6, 6.07) is 3.15. The third-order valence-corrected chi connectivity index (χ3v) is 4.57. The van der Waals surface area contributed by atoms with Gasteiger partial charge in [0.1, 0.15) is 5.15 Å². The predicted octanol–water partition coefficient (Wildman–Crippen LogP) is 3.87. The van der Waals surface area contributed by atoms with Gasteiger partial charge >= 0.3 is 6.03 Å². The molecule has 0 aliphatic rings. The van der Waals surface area contributed by atoms with Crippen LogP contribution in [0, 0.1) is 20.8 Å². The predicted molar refractivity (Wildman–Crippen MR) is 90.9 cm³/mol. The average molecular weight is 339 g/mol. The standard InChI is InChI=1S/C15H19ClN4OS/c1-9-11(3)22-14(19-9)5-4-8-17-15(21)20-12-6-7-13(16)18-10(12)2/h6-7H,4-5,8H2,1-3H3,(H2,17,20,21). The van der Waals surface area contributed by atoms with Gasteiger partial charge in [-0.2, -0.15) is 0 Å². The minimum atomic E-state index is -0.237. The molecule has 5 nitrogen and oxygen atoms in total. The van der Waals surface area contributed by atoms with Gasteiger partial charge in [-0.1, -0.05) is 11.6 Å². The molecule has 0 saturated heterocycles. The minimum Gasteiger partial charge on any atom is -0.338 e. The maximum Gasteiger partial charge on any atom is 0.319 e. The zero-order chi connectivity index (χ0) is 16.1. The van der Waals surface area contributed by atoms with Crippen LogP contribution in [0.5, 0.6) is 0 Å². The van der Waals surface area contributed by atoms with Crippen molar-refractivity contribution in [3.05, 3.63) is 38.6 Å². The van der Waals surface area contributed by atoms with Gasteiger partial charge in [0, 0.05) is 17.8 Å². The van der Waals surface area contributed by atoms with Gasteiger partial charge in [0.25, 0.3) is 0 Å². The van der Waals surface area contributed by atoms with Crippen LogP contribution in [-0.4, -0.2) is 22.5 Å². The molecule has 2 aromatic rings. The summed E-state index contributed by atoms with van der Waals surface area (Å²) in [7, 11) is 0. The molecule has 22 heavy (non-hydrogen) atoms. The molecule has 0 saturated carbocycles. The lowest BCUT2D eigenvalue weighted by Gasteiger charge is -2.09. The summed E-state index contributed by atoms with van der Waals surface area (Å²) in [6.45, 7) is 6.49. The first-order valence-electron chi connectivity index (χ1n) is 7.06. The van der Waals surface area contributed by atoms with E-state index >= 15 is 0 Å². The molecule has 2 amide bonds. The molecule has 0 radical (unpaired) electrons. The molecule has 0 bridgehead atoms. The number of aromatic nitrogens is 2. The molecule has 2 rings (SSSR count). The van der Waals surface area contributed by atoms with E-state index < -0.39 is 0 Å². The van der Waals surface area contributed by atoms with Crippen molar-refractivity contribution in [1.82, 2.24) is 15.3 Å². The van der Waals surface area contributed by atoms with Crippen LogP contribution in [0.2, 0.25) is 5.15 Å². The molecule has 0 fully saturated rings. The SMILES string of the molecule is Cc1nc(Cl)ccc1NC(=O)NCCCc1nc(C)c(C)s1. The summed E-state index contributed by atoms with van der Waals surface area (Å²) in [5, 5.41) is 7.13. The molecular weight excluding hydrogens is 320 g/mol. The van der Waals surface area contributed by atoms with E-state index in [-0.39, 0.29) is 6.03 Å². The molecular formula is C15H19ClN4OS. The van der Waals surface area contributed by atoms with Crippen LogP contribution in [-0.2, 0) is 6.42 Å². The number of pyridine rings is 1. The lowest BCUT2D eigenvalue weighted by molar-refractivity contribution is 0.252. The molecule has 0 aliphatic heterocycles. The van der Waals surface area contributed by atoms with E-state index in [1.54, 1.807) is 30.4 Å². The van der Waals surface area contributed by atoms with Gasteiger partial charge in [-0.05, 0) is 39.3 Å². The van der Waals surface area contributed by atoms with E-state index in [1.165, 1.54) is 4.88 Å². The molecule has 0 unspecified atom stereocenters. The van der Waals surface area contributed by atoms with Crippen molar-refractivity contribution in [2.75, 3.05) is 11.9 Å². The quantitative estimate of drug-likeness (QED) is 0.642. The van der Waals surface area contributed by atoms with Gasteiger partial charge in [0.15, 0.2) is 0 Å². The van der Waals surface area contributed by atoms with Crippen molar-refractivity contribution in [1.29, 1.82) is 0 Å². The van der Waals surface area contributed by atoms with Crippen LogP contribution in [0.25, 0.3) is 0 Å². The van der Waals surface area contributed by atoms with Crippen molar-refractivity contribution in [3.63, 3.8) is 0 Å². The summed E-state index contributed by atoms with van der Waals surface area (Å²) >= 11 is 7.50. The molecule has 2 aromatic heterocycles. The minimum absolute atomic E-state index is 0.237. The Morgan fingerprint density at radius 2 is 2.00 bits per heavy atom. The van der Waals surface area contributed by atoms with Gasteiger partial charge in [0.05, 0.1) is 22.1 Å². The molecule has 0 aromatic carbocycles. The highest BCUT2D eigenvalue weighted by atomic mass is 35.5. The van der Waals surface area contributed by atoms with Crippen molar-refractivity contribution < 1.29 is 4.79 Å². The lowest BCUT2D eigenvalue weighted by Crippen LogP contribution is -2.30. The second kappa shape index (κ2) is 7.56. The summed E-state index contributed by atoms with van der Waals surface area (Å²) in [6.07, 6.45) is 1.73. The lowest BCUT2D eigenvalue weighted by atomic mass is 10.3. The Hall–Kier alpha value is -1.66. The number of nitrogens with one attached hydrogen (secondary N) is 2. The number of carbonyl (C=O) groups excluding carboxylic acids is 1. The van der Waals surface area contributed by atoms with Crippen molar-refractivity contribution >= 4 is 34.7 Å². The molecule has 2 N–H and O–H groups in total. The molecule has 0 spiro atoms. The highest BCUT2D eigenvalue weighted by Gasteiger charge is 2.06. The van der Waals surface area contributed by atoms with Crippen molar-refractivity contribution in [2.45, 2.75) is 33.6 Å². The van der Waals surface area contributed by atoms with Gasteiger partial charge in [0.2, 0.25) is 0 Å². The molecule has 0 atom stereocenters. The Labute approximate surface area is 139 Å². The Kier molecular flexibility index (Phi) is 5.74. The second-order valence-electron chi connectivity index (χ2n) is 5.00. The second-order valence-corrected chi connectivity index (χ2v) is 6.68. The first-order chi connectivity index (χ1) is 10.5. The van der Waals surface area contributed by atoms with Crippen LogP contribution in [0.4, 0.5) is 10.5 Å². The Morgan fingerprint density at radius 3 is 2.64 bits per heavy atom. The summed E-state index contributed by atoms with van der Waals surface area (Å²) < 4.78 is 0. The third kappa shape index (κ3) is 4.68. The summed E-state index contributed by atoms with van der Waals surface area (Å²) in [5.74, 6) is 0. The number of urea groups is 1. The fourth-order valence-corrected chi connectivity index (χ4v) is 3.08. The zero-order valence-electron chi connectivity index (χ0n) is 12.9. The first-order valence-corrected chi connectivity index (χ1v) is 8.26. The first kappa shape index (κ1) is 16.7. The number of hydrogen-bond acceptors (Lipinski definition) is 4. The maximum absolute atomic E-state index is 11.8. The van der Waals surface area contributed by atoms with Gasteiger partial charge in [-0.25, -0.2) is 14.8 Å². The number of halogens is 1. The zero-order valence-corrected chi connectivity index (χ0v) is 14.4. The largest absolute Gasteiger partial charge is 0.338 e. The monoisotopic (exact) mass is 338 g/mol. The fraction of sp³-hybridized carbons (Fsp3) is 0.400. The summed E-state index contributed by atoms with van der Waals surface area (Å²) in [5.41, 5.74) is 2.45. The van der Waals surface area contributed by atoms with E-state index in [1.807, 2.05) is 6.92 Å². The third-order valence-electron chi connectivity index (χ3n) is 3.23. The number of aryl methyl sites for hydroxylation is 4. The van der Waals surface area contributed by atoms with E-state index in [9.17, 15) is 4.79 Å². The molecule has 2 heterocycles. The number of thiazole rings is 1.